The third kappa shape index (κ3) is 2.10. The minimum absolute atomic E-state index is 0.0406. The highest BCUT2D eigenvalue weighted by Gasteiger charge is 2.40. The van der Waals surface area contributed by atoms with Gasteiger partial charge in [-0.25, -0.2) is 4.57 Å². The molecule has 0 fully saturated rings. The first-order valence-corrected chi connectivity index (χ1v) is 9.88. The summed E-state index contributed by atoms with van der Waals surface area (Å²) in [5.41, 5.74) is 2.57. The van der Waals surface area contributed by atoms with Crippen LogP contribution in [0.4, 0.5) is 0 Å². The van der Waals surface area contributed by atoms with Gasteiger partial charge in [-0.2, -0.15) is 0 Å². The predicted molar refractivity (Wildman–Crippen MR) is 120 cm³/mol. The van der Waals surface area contributed by atoms with Crippen LogP contribution in [0.5, 0.6) is 0 Å². The van der Waals surface area contributed by atoms with Gasteiger partial charge in [0, 0.05) is 53.9 Å². The zero-order valence-electron chi connectivity index (χ0n) is 22.7. The summed E-state index contributed by atoms with van der Waals surface area (Å²) in [6.45, 7) is -3.83. The first-order valence-electron chi connectivity index (χ1n) is 12.9. The van der Waals surface area contributed by atoms with E-state index in [2.05, 4.69) is 4.98 Å². The molecule has 0 radical (unpaired) electrons. The number of hydrogen-bond donors (Lipinski definition) is 0. The first kappa shape index (κ1) is 12.3. The van der Waals surface area contributed by atoms with E-state index in [1.807, 2.05) is 61.1 Å². The second-order valence-corrected chi connectivity index (χ2v) is 7.95. The number of nitrogens with zero attached hydrogens (tertiary/aromatic N) is 2. The molecular weight excluding hydrogens is 368 g/mol. The van der Waals surface area contributed by atoms with Gasteiger partial charge in [-0.1, -0.05) is 24.3 Å². The number of benzene rings is 2. The number of hydrogen-bond acceptors (Lipinski definition) is 2. The topological polar surface area (TPSA) is 29.9 Å². The van der Waals surface area contributed by atoms with E-state index in [9.17, 15) is 0 Å². The van der Waals surface area contributed by atoms with Crippen LogP contribution in [-0.2, 0) is 12.5 Å². The van der Waals surface area contributed by atoms with Gasteiger partial charge < -0.3 is 4.42 Å². The molecule has 0 unspecified atom stereocenters. The summed E-state index contributed by atoms with van der Waals surface area (Å²) in [6, 6.07) is 16.9. The molecule has 0 atom stereocenters. The Bertz CT molecular complexity index is 1680. The van der Waals surface area contributed by atoms with E-state index >= 15 is 0 Å². The van der Waals surface area contributed by atoms with Crippen LogP contribution in [0.1, 0.15) is 38.7 Å². The number of aryl methyl sites for hydroxylation is 2. The first-order chi connectivity index (χ1) is 17.0. The molecule has 1 aliphatic rings. The molecule has 0 bridgehead atoms. The normalized spacial score (nSPS) is 18.1. The van der Waals surface area contributed by atoms with E-state index in [0.717, 1.165) is 22.2 Å². The third-order valence-electron chi connectivity index (χ3n) is 6.16. The van der Waals surface area contributed by atoms with Crippen molar-refractivity contribution in [3.8, 4) is 22.4 Å². The number of fused-ring (bicyclic) bond motifs is 7. The van der Waals surface area contributed by atoms with Gasteiger partial charge in [-0.15, -0.1) is 0 Å². The van der Waals surface area contributed by atoms with Crippen molar-refractivity contribution in [3.05, 3.63) is 83.8 Å². The van der Waals surface area contributed by atoms with Crippen LogP contribution >= 0.6 is 0 Å². The van der Waals surface area contributed by atoms with Crippen molar-refractivity contribution in [1.29, 1.82) is 0 Å². The zero-order valence-corrected chi connectivity index (χ0v) is 16.7. The van der Waals surface area contributed by atoms with Crippen molar-refractivity contribution in [2.75, 3.05) is 0 Å². The molecule has 0 spiro atoms. The second kappa shape index (κ2) is 5.79. The van der Waals surface area contributed by atoms with Crippen molar-refractivity contribution in [1.82, 2.24) is 4.98 Å². The lowest BCUT2D eigenvalue weighted by molar-refractivity contribution is -0.660. The molecule has 146 valence electrons. The standard InChI is InChI=1S/C27H23N2O/c1-16-10-11-18-19-13-12-17-20-8-7-14-28-26(20)27(2,3)23(17)25(19)30-24(18)22(16)21-9-5-6-15-29(21)4/h5-15H,1-4H3/q+1/i2D3,3D3. The summed E-state index contributed by atoms with van der Waals surface area (Å²) < 4.78 is 59.7. The van der Waals surface area contributed by atoms with Crippen molar-refractivity contribution in [3.63, 3.8) is 0 Å². The Balaban J connectivity index is 1.82. The summed E-state index contributed by atoms with van der Waals surface area (Å²) in [6.07, 6.45) is 3.40. The van der Waals surface area contributed by atoms with E-state index in [1.54, 1.807) is 18.2 Å². The maximum atomic E-state index is 8.53. The van der Waals surface area contributed by atoms with Crippen LogP contribution in [0.25, 0.3) is 44.3 Å². The Morgan fingerprint density at radius 1 is 0.933 bits per heavy atom. The fourth-order valence-corrected chi connectivity index (χ4v) is 4.74. The average molecular weight is 398 g/mol. The summed E-state index contributed by atoms with van der Waals surface area (Å²) >= 11 is 0. The SMILES string of the molecule is [2H]C([2H])([2H])C1(C([2H])([2H])[2H])c2ncccc2-c2ccc3c(oc4c(-c5cccc[n+]5C)c(C)ccc43)c21. The van der Waals surface area contributed by atoms with Gasteiger partial charge in [0.25, 0.3) is 0 Å². The van der Waals surface area contributed by atoms with Gasteiger partial charge >= 0.3 is 0 Å². The highest BCUT2D eigenvalue weighted by molar-refractivity contribution is 6.12. The van der Waals surface area contributed by atoms with Crippen molar-refractivity contribution < 1.29 is 17.2 Å². The zero-order chi connectivity index (χ0) is 25.6. The molecule has 5 aromatic rings. The Kier molecular flexibility index (Phi) is 2.37. The van der Waals surface area contributed by atoms with Crippen molar-refractivity contribution in [2.45, 2.75) is 26.0 Å². The molecule has 3 heteroatoms. The quantitative estimate of drug-likeness (QED) is 0.321. The molecule has 0 aliphatic heterocycles. The molecule has 30 heavy (non-hydrogen) atoms. The number of rotatable bonds is 1. The fraction of sp³-hybridized carbons (Fsp3) is 0.185. The van der Waals surface area contributed by atoms with E-state index in [1.165, 1.54) is 6.20 Å². The number of furan rings is 1. The summed E-state index contributed by atoms with van der Waals surface area (Å²) in [4.78, 5) is 4.35. The minimum Gasteiger partial charge on any atom is -0.455 e. The molecule has 3 nitrogen and oxygen atoms in total. The molecule has 0 saturated heterocycles. The Labute approximate surface area is 184 Å². The van der Waals surface area contributed by atoms with Gasteiger partial charge in [-0.3, -0.25) is 4.98 Å². The van der Waals surface area contributed by atoms with E-state index in [-0.39, 0.29) is 16.8 Å². The summed E-state index contributed by atoms with van der Waals surface area (Å²) in [7, 11) is 1.95. The van der Waals surface area contributed by atoms with Gasteiger partial charge in [0.05, 0.1) is 11.3 Å². The highest BCUT2D eigenvalue weighted by atomic mass is 16.3. The lowest BCUT2D eigenvalue weighted by Gasteiger charge is -2.20. The van der Waals surface area contributed by atoms with Crippen LogP contribution in [0.3, 0.4) is 0 Å². The fourth-order valence-electron chi connectivity index (χ4n) is 4.74. The molecule has 3 heterocycles. The van der Waals surface area contributed by atoms with Crippen molar-refractivity contribution >= 4 is 21.9 Å². The van der Waals surface area contributed by atoms with Crippen molar-refractivity contribution in [2.24, 2.45) is 7.05 Å². The lowest BCUT2D eigenvalue weighted by Crippen LogP contribution is -2.30. The average Bonchev–Trinajstić information content (AvgIpc) is 3.33. The van der Waals surface area contributed by atoms with Crippen LogP contribution in [0.2, 0.25) is 0 Å². The molecule has 0 N–H and O–H groups in total. The molecule has 2 aromatic carbocycles. The molecule has 0 saturated carbocycles. The number of aromatic nitrogens is 2. The Morgan fingerprint density at radius 2 is 1.77 bits per heavy atom. The molecular formula is C27H23N2O+. The van der Waals surface area contributed by atoms with Crippen LogP contribution < -0.4 is 4.57 Å². The molecule has 6 rings (SSSR count). The monoisotopic (exact) mass is 397 g/mol. The van der Waals surface area contributed by atoms with E-state index in [4.69, 9.17) is 12.6 Å². The second-order valence-electron chi connectivity index (χ2n) is 7.95. The van der Waals surface area contributed by atoms with Gasteiger partial charge in [0.2, 0.25) is 5.69 Å². The Morgan fingerprint density at radius 3 is 2.60 bits per heavy atom. The van der Waals surface area contributed by atoms with Gasteiger partial charge in [-0.05, 0) is 50.0 Å². The number of pyridine rings is 2. The van der Waals surface area contributed by atoms with Crippen LogP contribution in [0.15, 0.2) is 71.4 Å². The minimum atomic E-state index is -2.91. The summed E-state index contributed by atoms with van der Waals surface area (Å²) in [5, 5.41) is 1.47. The van der Waals surface area contributed by atoms with E-state index < -0.39 is 19.1 Å². The van der Waals surface area contributed by atoms with Gasteiger partial charge in [0.15, 0.2) is 6.20 Å². The van der Waals surface area contributed by atoms with Gasteiger partial charge in [0.1, 0.15) is 18.2 Å². The Hall–Kier alpha value is -3.46. The lowest BCUT2D eigenvalue weighted by atomic mass is 9.84. The molecule has 0 amide bonds. The molecule has 1 aliphatic carbocycles. The maximum Gasteiger partial charge on any atom is 0.216 e. The summed E-state index contributed by atoms with van der Waals surface area (Å²) in [5.74, 6) is 0. The van der Waals surface area contributed by atoms with Crippen LogP contribution in [-0.4, -0.2) is 4.98 Å². The molecule has 3 aromatic heterocycles. The van der Waals surface area contributed by atoms with Crippen LogP contribution in [0, 0.1) is 6.92 Å². The smallest absolute Gasteiger partial charge is 0.216 e. The highest BCUT2D eigenvalue weighted by Crippen LogP contribution is 2.52. The van der Waals surface area contributed by atoms with E-state index in [0.29, 0.717) is 22.1 Å². The predicted octanol–water partition coefficient (Wildman–Crippen LogP) is 6.09. The maximum absolute atomic E-state index is 8.53. The largest absolute Gasteiger partial charge is 0.455 e. The third-order valence-corrected chi connectivity index (χ3v) is 6.16.